The van der Waals surface area contributed by atoms with Crippen molar-refractivity contribution in [2.45, 2.75) is 13.5 Å². The lowest BCUT2D eigenvalue weighted by atomic mass is 10.2. The van der Waals surface area contributed by atoms with Gasteiger partial charge in [0.25, 0.3) is 5.91 Å². The predicted molar refractivity (Wildman–Crippen MR) is 141 cm³/mol. The Labute approximate surface area is 213 Å². The van der Waals surface area contributed by atoms with Gasteiger partial charge in [0.15, 0.2) is 11.5 Å². The Kier molecular flexibility index (Phi) is 8.89. The van der Waals surface area contributed by atoms with Crippen LogP contribution in [-0.4, -0.2) is 40.4 Å². The van der Waals surface area contributed by atoms with Gasteiger partial charge in [0, 0.05) is 0 Å². The maximum atomic E-state index is 12.5. The number of anilines is 1. The number of nitrogens with one attached hydrogen (secondary N) is 1. The van der Waals surface area contributed by atoms with E-state index in [-0.39, 0.29) is 0 Å². The van der Waals surface area contributed by atoms with Crippen molar-refractivity contribution in [3.05, 3.63) is 87.9 Å². The van der Waals surface area contributed by atoms with Crippen LogP contribution in [0.15, 0.2) is 76.3 Å². The van der Waals surface area contributed by atoms with E-state index >= 15 is 0 Å². The molecule has 184 valence electrons. The summed E-state index contributed by atoms with van der Waals surface area (Å²) in [5.74, 6) is 0.453. The maximum Gasteiger partial charge on any atom is 0.260 e. The van der Waals surface area contributed by atoms with Crippen LogP contribution in [0.2, 0.25) is 0 Å². The molecule has 3 aromatic rings. The van der Waals surface area contributed by atoms with E-state index in [1.54, 1.807) is 43.3 Å². The van der Waals surface area contributed by atoms with Gasteiger partial charge in [0.2, 0.25) is 10.0 Å². The Bertz CT molecular complexity index is 1310. The number of carbonyl (C=O) groups is 1. The molecule has 1 amide bonds. The van der Waals surface area contributed by atoms with Crippen molar-refractivity contribution < 1.29 is 22.7 Å². The molecule has 0 radical (unpaired) electrons. The SMILES string of the molecule is COc1cc(/C=N\NC(=O)CN(c2ccccc2C)S(C)(=O)=O)cc(Br)c1OCc1ccccc1. The van der Waals surface area contributed by atoms with Crippen molar-refractivity contribution in [3.8, 4) is 11.5 Å². The topological polar surface area (TPSA) is 97.3 Å². The first-order valence-electron chi connectivity index (χ1n) is 10.6. The zero-order chi connectivity index (χ0) is 25.4. The summed E-state index contributed by atoms with van der Waals surface area (Å²) in [7, 11) is -2.14. The smallest absolute Gasteiger partial charge is 0.260 e. The molecule has 0 aromatic heterocycles. The van der Waals surface area contributed by atoms with E-state index in [2.05, 4.69) is 26.5 Å². The summed E-state index contributed by atoms with van der Waals surface area (Å²) in [6.07, 6.45) is 2.49. The van der Waals surface area contributed by atoms with Crippen LogP contribution in [0.3, 0.4) is 0 Å². The number of carbonyl (C=O) groups excluding carboxylic acids is 1. The van der Waals surface area contributed by atoms with Crippen LogP contribution in [0, 0.1) is 6.92 Å². The highest BCUT2D eigenvalue weighted by Crippen LogP contribution is 2.36. The minimum absolute atomic E-state index is 0.372. The van der Waals surface area contributed by atoms with Gasteiger partial charge in [-0.05, 0) is 57.7 Å². The van der Waals surface area contributed by atoms with Crippen LogP contribution in [0.4, 0.5) is 5.69 Å². The number of sulfonamides is 1. The van der Waals surface area contributed by atoms with Gasteiger partial charge in [-0.1, -0.05) is 48.5 Å². The molecule has 1 N–H and O–H groups in total. The summed E-state index contributed by atoms with van der Waals surface area (Å²) in [4.78, 5) is 12.5. The van der Waals surface area contributed by atoms with Crippen molar-refractivity contribution in [2.75, 3.05) is 24.2 Å². The number of amides is 1. The van der Waals surface area contributed by atoms with Gasteiger partial charge < -0.3 is 9.47 Å². The van der Waals surface area contributed by atoms with Gasteiger partial charge in [-0.2, -0.15) is 5.10 Å². The van der Waals surface area contributed by atoms with Crippen molar-refractivity contribution in [2.24, 2.45) is 5.10 Å². The second kappa shape index (κ2) is 11.9. The fourth-order valence-electron chi connectivity index (χ4n) is 3.25. The standard InChI is InChI=1S/C25H26BrN3O5S/c1-18-9-7-8-12-22(18)29(35(3,31)32)16-24(30)28-27-15-20-13-21(26)25(23(14-20)33-2)34-17-19-10-5-4-6-11-19/h4-15H,16-17H2,1-3H3,(H,28,30)/b27-15-. The second-order valence-corrected chi connectivity index (χ2v) is 10.4. The second-order valence-electron chi connectivity index (χ2n) is 7.66. The predicted octanol–water partition coefficient (Wildman–Crippen LogP) is 4.26. The van der Waals surface area contributed by atoms with Crippen molar-refractivity contribution in [1.29, 1.82) is 0 Å². The molecular weight excluding hydrogens is 534 g/mol. The lowest BCUT2D eigenvalue weighted by Gasteiger charge is -2.23. The lowest BCUT2D eigenvalue weighted by Crippen LogP contribution is -2.39. The summed E-state index contributed by atoms with van der Waals surface area (Å²) in [6.45, 7) is 1.75. The normalized spacial score (nSPS) is 11.3. The molecule has 0 aliphatic rings. The van der Waals surface area contributed by atoms with E-state index in [0.717, 1.165) is 21.7 Å². The fraction of sp³-hybridized carbons (Fsp3) is 0.200. The van der Waals surface area contributed by atoms with Gasteiger partial charge in [-0.15, -0.1) is 0 Å². The highest BCUT2D eigenvalue weighted by Gasteiger charge is 2.22. The molecule has 0 saturated carbocycles. The Morgan fingerprint density at radius 1 is 1.11 bits per heavy atom. The third-order valence-electron chi connectivity index (χ3n) is 4.95. The molecule has 0 aliphatic heterocycles. The molecule has 8 nitrogen and oxygen atoms in total. The number of hydrogen-bond donors (Lipinski definition) is 1. The number of methoxy groups -OCH3 is 1. The van der Waals surface area contributed by atoms with Crippen LogP contribution in [0.1, 0.15) is 16.7 Å². The maximum absolute atomic E-state index is 12.5. The average Bonchev–Trinajstić information content (AvgIpc) is 2.82. The molecule has 0 spiro atoms. The quantitative estimate of drug-likeness (QED) is 0.295. The van der Waals surface area contributed by atoms with E-state index in [1.165, 1.54) is 13.3 Å². The number of halogens is 1. The van der Waals surface area contributed by atoms with Gasteiger partial charge in [-0.3, -0.25) is 9.10 Å². The molecule has 0 bridgehead atoms. The molecule has 3 rings (SSSR count). The number of rotatable bonds is 10. The van der Waals surface area contributed by atoms with Crippen molar-refractivity contribution in [3.63, 3.8) is 0 Å². The van der Waals surface area contributed by atoms with Crippen molar-refractivity contribution >= 4 is 43.8 Å². The fourth-order valence-corrected chi connectivity index (χ4v) is 4.74. The summed E-state index contributed by atoms with van der Waals surface area (Å²) in [5, 5.41) is 3.97. The minimum Gasteiger partial charge on any atom is -0.493 e. The van der Waals surface area contributed by atoms with E-state index in [9.17, 15) is 13.2 Å². The average molecular weight is 560 g/mol. The van der Waals surface area contributed by atoms with E-state index in [0.29, 0.717) is 33.8 Å². The van der Waals surface area contributed by atoms with Gasteiger partial charge in [-0.25, -0.2) is 13.8 Å². The summed E-state index contributed by atoms with van der Waals surface area (Å²) in [6, 6.07) is 20.2. The van der Waals surface area contributed by atoms with Crippen LogP contribution in [0.5, 0.6) is 11.5 Å². The number of ether oxygens (including phenoxy) is 2. The van der Waals surface area contributed by atoms with Gasteiger partial charge in [0.05, 0.1) is 29.7 Å². The largest absolute Gasteiger partial charge is 0.493 e. The highest BCUT2D eigenvalue weighted by molar-refractivity contribution is 9.10. The van der Waals surface area contributed by atoms with Crippen LogP contribution < -0.4 is 19.2 Å². The van der Waals surface area contributed by atoms with E-state index in [1.807, 2.05) is 30.3 Å². The third-order valence-corrected chi connectivity index (χ3v) is 6.67. The number of hydrazone groups is 1. The number of hydrogen-bond acceptors (Lipinski definition) is 6. The molecular formula is C25H26BrN3O5S. The molecule has 0 atom stereocenters. The lowest BCUT2D eigenvalue weighted by molar-refractivity contribution is -0.119. The number of benzene rings is 3. The Morgan fingerprint density at radius 3 is 2.46 bits per heavy atom. The first-order valence-corrected chi connectivity index (χ1v) is 13.2. The Hall–Kier alpha value is -3.37. The third kappa shape index (κ3) is 7.30. The summed E-state index contributed by atoms with van der Waals surface area (Å²) < 4.78 is 37.6. The molecule has 3 aromatic carbocycles. The van der Waals surface area contributed by atoms with Gasteiger partial charge >= 0.3 is 0 Å². The first-order chi connectivity index (χ1) is 16.7. The van der Waals surface area contributed by atoms with E-state index in [4.69, 9.17) is 9.47 Å². The summed E-state index contributed by atoms with van der Waals surface area (Å²) >= 11 is 3.49. The molecule has 0 heterocycles. The van der Waals surface area contributed by atoms with Gasteiger partial charge in [0.1, 0.15) is 13.2 Å². The van der Waals surface area contributed by atoms with Crippen LogP contribution in [0.25, 0.3) is 0 Å². The molecule has 0 saturated heterocycles. The zero-order valence-electron chi connectivity index (χ0n) is 19.6. The first kappa shape index (κ1) is 26.2. The van der Waals surface area contributed by atoms with E-state index < -0.39 is 22.5 Å². The summed E-state index contributed by atoms with van der Waals surface area (Å²) in [5.41, 5.74) is 5.21. The molecule has 0 fully saturated rings. The Morgan fingerprint density at radius 2 is 1.80 bits per heavy atom. The van der Waals surface area contributed by atoms with Crippen molar-refractivity contribution in [1.82, 2.24) is 5.43 Å². The molecule has 10 heteroatoms. The minimum atomic E-state index is -3.67. The highest BCUT2D eigenvalue weighted by atomic mass is 79.9. The van der Waals surface area contributed by atoms with Crippen LogP contribution in [-0.2, 0) is 21.4 Å². The molecule has 35 heavy (non-hydrogen) atoms. The number of para-hydroxylation sites is 1. The monoisotopic (exact) mass is 559 g/mol. The number of aryl methyl sites for hydroxylation is 1. The zero-order valence-corrected chi connectivity index (χ0v) is 22.0. The molecule has 0 unspecified atom stereocenters. The molecule has 0 aliphatic carbocycles. The Balaban J connectivity index is 1.68. The number of nitrogens with zero attached hydrogens (tertiary/aromatic N) is 2. The van der Waals surface area contributed by atoms with Crippen LogP contribution >= 0.6 is 15.9 Å².